The number of aromatic hydroxyl groups is 1. The molecule has 0 amide bonds. The zero-order valence-corrected chi connectivity index (χ0v) is 10.1. The van der Waals surface area contributed by atoms with Gasteiger partial charge >= 0.3 is 0 Å². The third-order valence-electron chi connectivity index (χ3n) is 2.17. The smallest absolute Gasteiger partial charge is 0.279 e. The highest BCUT2D eigenvalue weighted by atomic mass is 32.2. The summed E-state index contributed by atoms with van der Waals surface area (Å²) in [4.78, 5) is 6.31. The van der Waals surface area contributed by atoms with Gasteiger partial charge in [-0.25, -0.2) is 9.37 Å². The van der Waals surface area contributed by atoms with Crippen LogP contribution in [0, 0.1) is 12.7 Å². The maximum Gasteiger partial charge on any atom is 0.279 e. The number of aromatic nitrogens is 2. The van der Waals surface area contributed by atoms with Gasteiger partial charge in [-0.1, -0.05) is 0 Å². The molecule has 0 fully saturated rings. The lowest BCUT2D eigenvalue weighted by atomic mass is 10.3. The number of halogens is 1. The van der Waals surface area contributed by atoms with Crippen LogP contribution in [0.25, 0.3) is 0 Å². The minimum Gasteiger partial charge on any atom is -0.506 e. The number of phenolic OH excluding ortho intramolecular Hbond substituents is 1. The van der Waals surface area contributed by atoms with Gasteiger partial charge in [-0.3, -0.25) is 4.72 Å². The average molecular weight is 271 g/mol. The molecular formula is C10H10FN3O3S. The Morgan fingerprint density at radius 2 is 2.17 bits per heavy atom. The zero-order chi connectivity index (χ0) is 13.3. The van der Waals surface area contributed by atoms with Crippen LogP contribution in [0.2, 0.25) is 0 Å². The number of sulfonamides is 1. The lowest BCUT2D eigenvalue weighted by molar-refractivity contribution is 0.471. The van der Waals surface area contributed by atoms with Gasteiger partial charge in [0.25, 0.3) is 10.0 Å². The standard InChI is InChI=1S/C10H10FN3O3S/c1-6-12-5-10(13-6)18(16,17)14-8-3-2-7(11)4-9(8)15/h2-5,14-15H,1H3,(H,12,13). The number of nitrogens with one attached hydrogen (secondary N) is 2. The van der Waals surface area contributed by atoms with E-state index in [2.05, 4.69) is 14.7 Å². The van der Waals surface area contributed by atoms with E-state index < -0.39 is 21.6 Å². The van der Waals surface area contributed by atoms with E-state index in [9.17, 15) is 17.9 Å². The van der Waals surface area contributed by atoms with E-state index in [1.54, 1.807) is 6.92 Å². The first kappa shape index (κ1) is 12.4. The molecule has 1 aromatic carbocycles. The molecule has 0 saturated carbocycles. The van der Waals surface area contributed by atoms with E-state index in [-0.39, 0.29) is 10.7 Å². The van der Waals surface area contributed by atoms with E-state index in [4.69, 9.17) is 0 Å². The molecule has 1 aromatic heterocycles. The first-order valence-electron chi connectivity index (χ1n) is 4.91. The molecule has 0 unspecified atom stereocenters. The van der Waals surface area contributed by atoms with Crippen LogP contribution < -0.4 is 4.72 Å². The Kier molecular flexibility index (Phi) is 2.95. The SMILES string of the molecule is Cc1ncc(S(=O)(=O)Nc2ccc(F)cc2O)[nH]1. The summed E-state index contributed by atoms with van der Waals surface area (Å²) in [6, 6.07) is 2.98. The molecule has 0 atom stereocenters. The van der Waals surface area contributed by atoms with E-state index in [1.165, 1.54) is 0 Å². The predicted molar refractivity (Wildman–Crippen MR) is 62.2 cm³/mol. The van der Waals surface area contributed by atoms with E-state index >= 15 is 0 Å². The highest BCUT2D eigenvalue weighted by Crippen LogP contribution is 2.25. The number of phenols is 1. The minimum atomic E-state index is -3.88. The Bertz CT molecular complexity index is 681. The van der Waals surface area contributed by atoms with Gasteiger partial charge in [0.2, 0.25) is 0 Å². The molecule has 0 aliphatic rings. The van der Waals surface area contributed by atoms with Crippen LogP contribution in [0.15, 0.2) is 29.4 Å². The lowest BCUT2D eigenvalue weighted by Crippen LogP contribution is -2.13. The third-order valence-corrected chi connectivity index (χ3v) is 3.45. The number of hydrogen-bond acceptors (Lipinski definition) is 4. The highest BCUT2D eigenvalue weighted by molar-refractivity contribution is 7.92. The lowest BCUT2D eigenvalue weighted by Gasteiger charge is -2.07. The summed E-state index contributed by atoms with van der Waals surface area (Å²) in [5.41, 5.74) is -0.108. The first-order valence-corrected chi connectivity index (χ1v) is 6.40. The molecule has 0 bridgehead atoms. The van der Waals surface area contributed by atoms with Gasteiger partial charge < -0.3 is 10.1 Å². The van der Waals surface area contributed by atoms with Crippen LogP contribution in [-0.2, 0) is 10.0 Å². The number of benzene rings is 1. The summed E-state index contributed by atoms with van der Waals surface area (Å²) in [6.45, 7) is 1.61. The van der Waals surface area contributed by atoms with Crippen molar-refractivity contribution in [2.24, 2.45) is 0 Å². The summed E-state index contributed by atoms with van der Waals surface area (Å²) in [5.74, 6) is -0.707. The molecule has 18 heavy (non-hydrogen) atoms. The van der Waals surface area contributed by atoms with Crippen molar-refractivity contribution in [1.82, 2.24) is 9.97 Å². The van der Waals surface area contributed by atoms with Crippen molar-refractivity contribution in [1.29, 1.82) is 0 Å². The zero-order valence-electron chi connectivity index (χ0n) is 9.31. The van der Waals surface area contributed by atoms with Crippen LogP contribution in [0.5, 0.6) is 5.75 Å². The molecule has 1 heterocycles. The van der Waals surface area contributed by atoms with Gasteiger partial charge in [-0.15, -0.1) is 0 Å². The number of aromatic amines is 1. The Balaban J connectivity index is 2.33. The molecule has 96 valence electrons. The van der Waals surface area contributed by atoms with Gasteiger partial charge in [0.15, 0.2) is 5.03 Å². The van der Waals surface area contributed by atoms with E-state index in [1.807, 2.05) is 0 Å². The van der Waals surface area contributed by atoms with E-state index in [0.29, 0.717) is 5.82 Å². The van der Waals surface area contributed by atoms with E-state index in [0.717, 1.165) is 24.4 Å². The van der Waals surface area contributed by atoms with Crippen LogP contribution in [0.4, 0.5) is 10.1 Å². The van der Waals surface area contributed by atoms with Crippen molar-refractivity contribution >= 4 is 15.7 Å². The predicted octanol–water partition coefficient (Wildman–Crippen LogP) is 1.36. The number of anilines is 1. The molecule has 0 radical (unpaired) electrons. The number of rotatable bonds is 3. The van der Waals surface area contributed by atoms with Crippen LogP contribution in [-0.4, -0.2) is 23.5 Å². The Hall–Kier alpha value is -2.09. The van der Waals surface area contributed by atoms with Gasteiger partial charge in [-0.2, -0.15) is 8.42 Å². The van der Waals surface area contributed by atoms with Crippen LogP contribution in [0.3, 0.4) is 0 Å². The summed E-state index contributed by atoms with van der Waals surface area (Å²) >= 11 is 0. The molecule has 0 aliphatic heterocycles. The van der Waals surface area contributed by atoms with Crippen molar-refractivity contribution in [3.8, 4) is 5.75 Å². The molecular weight excluding hydrogens is 261 g/mol. The molecule has 6 nitrogen and oxygen atoms in total. The van der Waals surface area contributed by atoms with Crippen molar-refractivity contribution in [2.75, 3.05) is 4.72 Å². The number of aryl methyl sites for hydroxylation is 1. The second kappa shape index (κ2) is 4.30. The number of imidazole rings is 1. The fourth-order valence-corrected chi connectivity index (χ4v) is 2.37. The molecule has 8 heteroatoms. The summed E-state index contributed by atoms with van der Waals surface area (Å²) < 4.78 is 38.6. The molecule has 2 rings (SSSR count). The Morgan fingerprint density at radius 3 is 2.72 bits per heavy atom. The molecule has 0 aliphatic carbocycles. The molecule has 2 aromatic rings. The van der Waals surface area contributed by atoms with Crippen LogP contribution >= 0.6 is 0 Å². The molecule has 0 saturated heterocycles. The van der Waals surface area contributed by atoms with Crippen LogP contribution in [0.1, 0.15) is 5.82 Å². The van der Waals surface area contributed by atoms with Gasteiger partial charge in [-0.05, 0) is 19.1 Å². The molecule has 0 spiro atoms. The number of nitrogens with zero attached hydrogens (tertiary/aromatic N) is 1. The maximum atomic E-state index is 12.8. The molecule has 3 N–H and O–H groups in total. The quantitative estimate of drug-likeness (QED) is 0.734. The largest absolute Gasteiger partial charge is 0.506 e. The van der Waals surface area contributed by atoms with Gasteiger partial charge in [0.05, 0.1) is 11.9 Å². The first-order chi connectivity index (χ1) is 8.38. The fourth-order valence-electron chi connectivity index (χ4n) is 1.33. The number of H-pyrrole nitrogens is 1. The minimum absolute atomic E-state index is 0.108. The van der Waals surface area contributed by atoms with Crippen molar-refractivity contribution in [2.45, 2.75) is 11.9 Å². The normalized spacial score (nSPS) is 11.4. The summed E-state index contributed by atoms with van der Waals surface area (Å²) in [6.07, 6.45) is 1.15. The number of hydrogen-bond donors (Lipinski definition) is 3. The summed E-state index contributed by atoms with van der Waals surface area (Å²) in [7, 11) is -3.88. The van der Waals surface area contributed by atoms with Gasteiger partial charge in [0, 0.05) is 6.07 Å². The van der Waals surface area contributed by atoms with Crippen molar-refractivity contribution in [3.05, 3.63) is 36.0 Å². The van der Waals surface area contributed by atoms with Crippen molar-refractivity contribution < 1.29 is 17.9 Å². The second-order valence-electron chi connectivity index (χ2n) is 3.60. The second-order valence-corrected chi connectivity index (χ2v) is 5.25. The van der Waals surface area contributed by atoms with Gasteiger partial charge in [0.1, 0.15) is 17.4 Å². The summed E-state index contributed by atoms with van der Waals surface area (Å²) in [5, 5.41) is 9.28. The fraction of sp³-hybridized carbons (Fsp3) is 0.100. The topological polar surface area (TPSA) is 95.1 Å². The maximum absolute atomic E-state index is 12.8. The Morgan fingerprint density at radius 1 is 1.44 bits per heavy atom. The van der Waals surface area contributed by atoms with Crippen molar-refractivity contribution in [3.63, 3.8) is 0 Å². The average Bonchev–Trinajstić information content (AvgIpc) is 2.70. The third kappa shape index (κ3) is 2.43. The Labute approximate surface area is 103 Å². The highest BCUT2D eigenvalue weighted by Gasteiger charge is 2.18. The monoisotopic (exact) mass is 271 g/mol.